The molecule has 1 rings (SSSR count). The fourth-order valence-electron chi connectivity index (χ4n) is 4.07. The van der Waals surface area contributed by atoms with Crippen molar-refractivity contribution in [3.8, 4) is 12.3 Å². The molecule has 0 aromatic heterocycles. The van der Waals surface area contributed by atoms with Gasteiger partial charge in [-0.2, -0.15) is 0 Å². The number of rotatable bonds is 11. The van der Waals surface area contributed by atoms with Crippen molar-refractivity contribution in [2.24, 2.45) is 11.7 Å². The van der Waals surface area contributed by atoms with Crippen molar-refractivity contribution in [3.05, 3.63) is 35.4 Å². The van der Waals surface area contributed by atoms with Gasteiger partial charge in [0, 0.05) is 17.1 Å². The topological polar surface area (TPSA) is 131 Å². The number of nitrogens with zero attached hydrogens (tertiary/aromatic N) is 1. The highest BCUT2D eigenvalue weighted by Crippen LogP contribution is 2.30. The van der Waals surface area contributed by atoms with Crippen LogP contribution >= 0.6 is 0 Å². The van der Waals surface area contributed by atoms with Crippen molar-refractivity contribution in [2.45, 2.75) is 111 Å². The maximum Gasteiger partial charge on any atom is 0.408 e. The number of terminal acetylenes is 1. The second kappa shape index (κ2) is 14.0. The zero-order valence-electron chi connectivity index (χ0n) is 24.9. The molecule has 0 saturated carbocycles. The van der Waals surface area contributed by atoms with Gasteiger partial charge in [-0.25, -0.2) is 4.79 Å². The first-order chi connectivity index (χ1) is 17.9. The minimum absolute atomic E-state index is 0.338. The van der Waals surface area contributed by atoms with Gasteiger partial charge in [-0.3, -0.25) is 14.4 Å². The molecule has 39 heavy (non-hydrogen) atoms. The van der Waals surface area contributed by atoms with E-state index in [0.29, 0.717) is 23.5 Å². The van der Waals surface area contributed by atoms with Crippen LogP contribution in [0.25, 0.3) is 0 Å². The number of hydrogen-bond donors (Lipinski definition) is 3. The summed E-state index contributed by atoms with van der Waals surface area (Å²) in [6.07, 6.45) is 5.78. The summed E-state index contributed by atoms with van der Waals surface area (Å²) in [5.41, 5.74) is 4.94. The zero-order chi connectivity index (χ0) is 30.1. The summed E-state index contributed by atoms with van der Waals surface area (Å²) in [4.78, 5) is 54.2. The monoisotopic (exact) mass is 542 g/mol. The maximum absolute atomic E-state index is 14.3. The predicted molar refractivity (Wildman–Crippen MR) is 152 cm³/mol. The largest absolute Gasteiger partial charge is 0.444 e. The Morgan fingerprint density at radius 1 is 1.03 bits per heavy atom. The number of amides is 4. The first kappa shape index (κ1) is 33.5. The van der Waals surface area contributed by atoms with Crippen LogP contribution in [0.3, 0.4) is 0 Å². The standard InChI is InChI=1S/C30H46N4O5/c1-11-21-14-12-13-15-22(21)25(26(36)33-29(5,6)7)34(20(4)17-16-19(2)3)27(37)23(18-24(31)35)32-28(38)39-30(8,9)10/h1,12-15,19-20,23,25H,16-18H2,2-10H3,(H2,31,35)(H,32,38)(H,33,36). The molecule has 1 aromatic carbocycles. The van der Waals surface area contributed by atoms with E-state index in [0.717, 1.165) is 6.42 Å². The smallest absolute Gasteiger partial charge is 0.408 e. The maximum atomic E-state index is 14.3. The van der Waals surface area contributed by atoms with Crippen LogP contribution in [0.4, 0.5) is 4.79 Å². The molecule has 216 valence electrons. The molecule has 0 heterocycles. The summed E-state index contributed by atoms with van der Waals surface area (Å²) >= 11 is 0. The fourth-order valence-corrected chi connectivity index (χ4v) is 4.07. The van der Waals surface area contributed by atoms with Crippen molar-refractivity contribution in [1.29, 1.82) is 0 Å². The van der Waals surface area contributed by atoms with Crippen LogP contribution in [0.1, 0.15) is 98.7 Å². The Morgan fingerprint density at radius 2 is 1.62 bits per heavy atom. The van der Waals surface area contributed by atoms with E-state index in [2.05, 4.69) is 30.4 Å². The van der Waals surface area contributed by atoms with Crippen LogP contribution in [-0.4, -0.2) is 51.9 Å². The fraction of sp³-hybridized carbons (Fsp3) is 0.600. The van der Waals surface area contributed by atoms with Gasteiger partial charge in [0.15, 0.2) is 0 Å². The van der Waals surface area contributed by atoms with Crippen LogP contribution < -0.4 is 16.4 Å². The van der Waals surface area contributed by atoms with Gasteiger partial charge in [-0.1, -0.05) is 38.0 Å². The van der Waals surface area contributed by atoms with Crippen LogP contribution in [0.5, 0.6) is 0 Å². The molecule has 1 aromatic rings. The highest BCUT2D eigenvalue weighted by atomic mass is 16.6. The van der Waals surface area contributed by atoms with Crippen LogP contribution in [0.15, 0.2) is 24.3 Å². The van der Waals surface area contributed by atoms with Gasteiger partial charge in [-0.05, 0) is 78.9 Å². The number of nitrogens with two attached hydrogens (primary N) is 1. The molecule has 4 N–H and O–H groups in total. The lowest BCUT2D eigenvalue weighted by molar-refractivity contribution is -0.146. The number of hydrogen-bond acceptors (Lipinski definition) is 5. The third-order valence-corrected chi connectivity index (χ3v) is 5.72. The lowest BCUT2D eigenvalue weighted by atomic mass is 9.93. The Bertz CT molecular complexity index is 1060. The first-order valence-corrected chi connectivity index (χ1v) is 13.3. The lowest BCUT2D eigenvalue weighted by Gasteiger charge is -2.40. The van der Waals surface area contributed by atoms with E-state index in [1.165, 1.54) is 4.90 Å². The number of carbonyl (C=O) groups excluding carboxylic acids is 4. The Balaban J connectivity index is 3.77. The van der Waals surface area contributed by atoms with Crippen molar-refractivity contribution < 1.29 is 23.9 Å². The summed E-state index contributed by atoms with van der Waals surface area (Å²) in [6.45, 7) is 16.5. The summed E-state index contributed by atoms with van der Waals surface area (Å²) in [5, 5.41) is 5.47. The highest BCUT2D eigenvalue weighted by molar-refractivity contribution is 5.95. The molecule has 0 fully saturated rings. The van der Waals surface area contributed by atoms with Crippen molar-refractivity contribution in [1.82, 2.24) is 15.5 Å². The van der Waals surface area contributed by atoms with E-state index < -0.39 is 59.5 Å². The molecule has 0 radical (unpaired) electrons. The third-order valence-electron chi connectivity index (χ3n) is 5.72. The lowest BCUT2D eigenvalue weighted by Crippen LogP contribution is -2.57. The minimum Gasteiger partial charge on any atom is -0.444 e. The van der Waals surface area contributed by atoms with Crippen LogP contribution in [-0.2, 0) is 19.1 Å². The Kier molecular flexibility index (Phi) is 12.0. The van der Waals surface area contributed by atoms with Crippen molar-refractivity contribution in [2.75, 3.05) is 0 Å². The Morgan fingerprint density at radius 3 is 2.10 bits per heavy atom. The van der Waals surface area contributed by atoms with E-state index in [-0.39, 0.29) is 0 Å². The molecule has 4 amide bonds. The normalized spacial score (nSPS) is 14.0. The van der Waals surface area contributed by atoms with Gasteiger partial charge >= 0.3 is 6.09 Å². The quantitative estimate of drug-likeness (QED) is 0.363. The number of nitrogens with one attached hydrogen (secondary N) is 2. The number of benzene rings is 1. The van der Waals surface area contributed by atoms with E-state index in [4.69, 9.17) is 16.9 Å². The first-order valence-electron chi connectivity index (χ1n) is 13.3. The molecule has 0 saturated heterocycles. The van der Waals surface area contributed by atoms with Crippen molar-refractivity contribution in [3.63, 3.8) is 0 Å². The molecular formula is C30H46N4O5. The molecule has 9 nitrogen and oxygen atoms in total. The van der Waals surface area contributed by atoms with Gasteiger partial charge in [-0.15, -0.1) is 6.42 Å². The number of primary amides is 1. The molecule has 0 aliphatic heterocycles. The molecule has 0 aliphatic rings. The van der Waals surface area contributed by atoms with Gasteiger partial charge in [0.1, 0.15) is 17.7 Å². The Labute approximate surface area is 233 Å². The van der Waals surface area contributed by atoms with E-state index in [1.807, 2.05) is 27.7 Å². The van der Waals surface area contributed by atoms with E-state index >= 15 is 0 Å². The molecule has 3 unspecified atom stereocenters. The Hall–Kier alpha value is -3.54. The minimum atomic E-state index is -1.36. The number of alkyl carbamates (subject to hydrolysis) is 1. The summed E-state index contributed by atoms with van der Waals surface area (Å²) in [7, 11) is 0. The number of ether oxygens (including phenoxy) is 1. The molecular weight excluding hydrogens is 496 g/mol. The van der Waals surface area contributed by atoms with Crippen LogP contribution in [0.2, 0.25) is 0 Å². The van der Waals surface area contributed by atoms with E-state index in [1.54, 1.807) is 45.0 Å². The second-order valence-corrected chi connectivity index (χ2v) is 12.3. The van der Waals surface area contributed by atoms with Gasteiger partial charge in [0.25, 0.3) is 0 Å². The van der Waals surface area contributed by atoms with Gasteiger partial charge in [0.2, 0.25) is 17.7 Å². The zero-order valence-corrected chi connectivity index (χ0v) is 24.9. The molecule has 9 heteroatoms. The molecule has 0 spiro atoms. The average molecular weight is 543 g/mol. The van der Waals surface area contributed by atoms with Gasteiger partial charge < -0.3 is 26.0 Å². The molecule has 0 aliphatic carbocycles. The third kappa shape index (κ3) is 11.4. The van der Waals surface area contributed by atoms with Crippen LogP contribution in [0, 0.1) is 18.3 Å². The van der Waals surface area contributed by atoms with E-state index in [9.17, 15) is 19.2 Å². The average Bonchev–Trinajstić information content (AvgIpc) is 2.77. The summed E-state index contributed by atoms with van der Waals surface area (Å²) in [6, 6.07) is 3.96. The molecule has 0 bridgehead atoms. The van der Waals surface area contributed by atoms with Crippen molar-refractivity contribution >= 4 is 23.8 Å². The summed E-state index contributed by atoms with van der Waals surface area (Å²) < 4.78 is 5.34. The number of carbonyl (C=O) groups is 4. The second-order valence-electron chi connectivity index (χ2n) is 12.3. The SMILES string of the molecule is C#Cc1ccccc1C(C(=O)NC(C)(C)C)N(C(=O)C(CC(N)=O)NC(=O)OC(C)(C)C)C(C)CCC(C)C. The highest BCUT2D eigenvalue weighted by Gasteiger charge is 2.40. The predicted octanol–water partition coefficient (Wildman–Crippen LogP) is 4.05. The van der Waals surface area contributed by atoms with Gasteiger partial charge in [0.05, 0.1) is 6.42 Å². The summed E-state index contributed by atoms with van der Waals surface area (Å²) in [5.74, 6) is 1.08. The molecule has 3 atom stereocenters.